The molecule has 0 aromatic carbocycles. The Morgan fingerprint density at radius 1 is 1.21 bits per heavy atom. The molecule has 0 radical (unpaired) electrons. The highest BCUT2D eigenvalue weighted by atomic mass is 16.5. The summed E-state index contributed by atoms with van der Waals surface area (Å²) in [6.45, 7) is 13.2. The monoisotopic (exact) mass is 272 g/mol. The van der Waals surface area contributed by atoms with Crippen molar-refractivity contribution in [3.8, 4) is 0 Å². The van der Waals surface area contributed by atoms with Crippen molar-refractivity contribution in [2.45, 2.75) is 20.3 Å². The molecule has 0 saturated carbocycles. The molecule has 6 heteroatoms. The number of ether oxygens (including phenoxy) is 1. The molecule has 0 rings (SSSR count). The molecule has 2 N–H and O–H groups in total. The molecule has 0 heterocycles. The highest BCUT2D eigenvalue weighted by Gasteiger charge is 1.90. The van der Waals surface area contributed by atoms with Gasteiger partial charge in [-0.3, -0.25) is 4.79 Å². The molecule has 0 atom stereocenters. The molecular weight excluding hydrogens is 252 g/mol. The summed E-state index contributed by atoms with van der Waals surface area (Å²) < 4.78 is 4.43. The molecule has 19 heavy (non-hydrogen) atoms. The summed E-state index contributed by atoms with van der Waals surface area (Å²) in [5, 5.41) is 15.7. The molecule has 0 bridgehead atoms. The smallest absolute Gasteiger partial charge is 0.330 e. The summed E-state index contributed by atoms with van der Waals surface area (Å²) in [7, 11) is 0. The summed E-state index contributed by atoms with van der Waals surface area (Å²) >= 11 is 0. The minimum Gasteiger partial charge on any atom is -0.481 e. The van der Waals surface area contributed by atoms with Crippen LogP contribution in [0.2, 0.25) is 0 Å². The van der Waals surface area contributed by atoms with Gasteiger partial charge in [0.2, 0.25) is 0 Å². The van der Waals surface area contributed by atoms with Crippen LogP contribution >= 0.6 is 0 Å². The lowest BCUT2D eigenvalue weighted by molar-refractivity contribution is -0.137. The van der Waals surface area contributed by atoms with E-state index in [1.54, 1.807) is 6.92 Å². The number of hydrogen-bond donors (Lipinski definition) is 2. The van der Waals surface area contributed by atoms with E-state index >= 15 is 0 Å². The first kappa shape index (κ1) is 21.9. The molecule has 108 valence electrons. The molecule has 6 nitrogen and oxygen atoms in total. The van der Waals surface area contributed by atoms with Crippen LogP contribution in [0.15, 0.2) is 37.5 Å². The van der Waals surface area contributed by atoms with Crippen molar-refractivity contribution in [1.29, 1.82) is 0 Å². The minimum atomic E-state index is -0.935. The van der Waals surface area contributed by atoms with E-state index in [2.05, 4.69) is 24.5 Å². The topological polar surface area (TPSA) is 101 Å². The van der Waals surface area contributed by atoms with Crippen LogP contribution in [0.3, 0.4) is 0 Å². The molecule has 0 amide bonds. The first-order valence-electron chi connectivity index (χ1n) is 5.23. The van der Waals surface area contributed by atoms with Crippen LogP contribution in [-0.2, 0) is 19.1 Å². The molecule has 0 aromatic heterocycles. The number of carboxylic acid groups (broad SMARTS) is 2. The maximum Gasteiger partial charge on any atom is 0.330 e. The first-order valence-corrected chi connectivity index (χ1v) is 5.23. The van der Waals surface area contributed by atoms with Crippen LogP contribution in [0.1, 0.15) is 20.3 Å². The normalized spacial score (nSPS) is 7.47. The number of carbonyl (C=O) groups excluding carboxylic acids is 1. The quantitative estimate of drug-likeness (QED) is 0.451. The fourth-order valence-electron chi connectivity index (χ4n) is 0.325. The number of rotatable bonds is 5. The van der Waals surface area contributed by atoms with Gasteiger partial charge in [-0.15, -0.1) is 6.58 Å². The zero-order valence-electron chi connectivity index (χ0n) is 11.2. The van der Waals surface area contributed by atoms with Crippen LogP contribution < -0.4 is 0 Å². The van der Waals surface area contributed by atoms with E-state index in [-0.39, 0.29) is 18.0 Å². The van der Waals surface area contributed by atoms with E-state index < -0.39 is 11.9 Å². The lowest BCUT2D eigenvalue weighted by Gasteiger charge is -1.90. The average molecular weight is 272 g/mol. The Labute approximate surface area is 112 Å². The molecule has 0 spiro atoms. The molecule has 0 unspecified atom stereocenters. The van der Waals surface area contributed by atoms with E-state index in [4.69, 9.17) is 10.2 Å². The summed E-state index contributed by atoms with van der Waals surface area (Å²) in [4.78, 5) is 29.2. The van der Waals surface area contributed by atoms with Crippen molar-refractivity contribution >= 4 is 17.9 Å². The second-order valence-corrected chi connectivity index (χ2v) is 2.93. The van der Waals surface area contributed by atoms with Gasteiger partial charge in [-0.25, -0.2) is 9.59 Å². The van der Waals surface area contributed by atoms with Crippen LogP contribution in [0.25, 0.3) is 0 Å². The first-order chi connectivity index (χ1) is 8.72. The van der Waals surface area contributed by atoms with Crippen molar-refractivity contribution in [3.05, 3.63) is 37.5 Å². The lowest BCUT2D eigenvalue weighted by Crippen LogP contribution is -1.97. The second-order valence-electron chi connectivity index (χ2n) is 2.93. The molecule has 0 saturated heterocycles. The van der Waals surface area contributed by atoms with Crippen molar-refractivity contribution < 1.29 is 29.3 Å². The van der Waals surface area contributed by atoms with Gasteiger partial charge < -0.3 is 14.9 Å². The van der Waals surface area contributed by atoms with Crippen LogP contribution in [0.5, 0.6) is 0 Å². The van der Waals surface area contributed by atoms with Crippen molar-refractivity contribution in [2.75, 3.05) is 6.61 Å². The zero-order chi connectivity index (χ0) is 15.8. The summed E-state index contributed by atoms with van der Waals surface area (Å²) in [6.07, 6.45) is 2.55. The third kappa shape index (κ3) is 31.3. The summed E-state index contributed by atoms with van der Waals surface area (Å²) in [5.41, 5.74) is 0.176. The molecule has 0 aliphatic rings. The maximum atomic E-state index is 10.1. The van der Waals surface area contributed by atoms with E-state index in [1.165, 1.54) is 13.0 Å². The SMILES string of the molecule is C=C(C)C(=O)O.C=CC(=O)OCC.C=CCC(=O)O. The second kappa shape index (κ2) is 15.6. The highest BCUT2D eigenvalue weighted by molar-refractivity contribution is 5.84. The van der Waals surface area contributed by atoms with Crippen molar-refractivity contribution in [1.82, 2.24) is 0 Å². The fraction of sp³-hybridized carbons (Fsp3) is 0.308. The molecule has 0 aromatic rings. The number of aliphatic carboxylic acids is 2. The fourth-order valence-corrected chi connectivity index (χ4v) is 0.325. The molecular formula is C13H20O6. The van der Waals surface area contributed by atoms with E-state index in [0.29, 0.717) is 6.61 Å². The van der Waals surface area contributed by atoms with Crippen molar-refractivity contribution in [2.24, 2.45) is 0 Å². The van der Waals surface area contributed by atoms with Gasteiger partial charge in [0.15, 0.2) is 0 Å². The molecule has 0 aliphatic heterocycles. The Balaban J connectivity index is -0.000000203. The average Bonchev–Trinajstić information content (AvgIpc) is 2.30. The summed E-state index contributed by atoms with van der Waals surface area (Å²) in [6, 6.07) is 0. The highest BCUT2D eigenvalue weighted by Crippen LogP contribution is 1.81. The van der Waals surface area contributed by atoms with Crippen LogP contribution in [0.4, 0.5) is 0 Å². The number of hydrogen-bond acceptors (Lipinski definition) is 4. The standard InChI is InChI=1S/C5H8O2.2C4H6O2/c1-3-5(6)7-4-2;1-3(2)4(5)6;1-2-3-4(5)6/h3H,1,4H2,2H3;1H2,2H3,(H,5,6);2H,1,3H2,(H,5,6). The minimum absolute atomic E-state index is 0.0556. The number of carbonyl (C=O) groups is 3. The van der Waals surface area contributed by atoms with Crippen LogP contribution in [0, 0.1) is 0 Å². The molecule has 0 fully saturated rings. The predicted molar refractivity (Wildman–Crippen MR) is 71.7 cm³/mol. The van der Waals surface area contributed by atoms with Crippen LogP contribution in [-0.4, -0.2) is 34.7 Å². The summed E-state index contributed by atoms with van der Waals surface area (Å²) in [5.74, 6) is -2.12. The van der Waals surface area contributed by atoms with Gasteiger partial charge in [-0.05, 0) is 13.8 Å². The van der Waals surface area contributed by atoms with Gasteiger partial charge in [0.25, 0.3) is 0 Å². The Morgan fingerprint density at radius 3 is 1.68 bits per heavy atom. The Morgan fingerprint density at radius 2 is 1.63 bits per heavy atom. The van der Waals surface area contributed by atoms with Gasteiger partial charge in [0, 0.05) is 11.6 Å². The predicted octanol–water partition coefficient (Wildman–Crippen LogP) is 2.03. The maximum absolute atomic E-state index is 10.1. The Bertz CT molecular complexity index is 318. The van der Waals surface area contributed by atoms with Gasteiger partial charge in [-0.2, -0.15) is 0 Å². The Hall–Kier alpha value is -2.37. The van der Waals surface area contributed by atoms with E-state index in [1.807, 2.05) is 0 Å². The van der Waals surface area contributed by atoms with Gasteiger partial charge >= 0.3 is 17.9 Å². The van der Waals surface area contributed by atoms with Gasteiger partial charge in [0.05, 0.1) is 13.0 Å². The van der Waals surface area contributed by atoms with E-state index in [9.17, 15) is 14.4 Å². The Kier molecular flexibility index (Phi) is 18.0. The largest absolute Gasteiger partial charge is 0.481 e. The molecule has 0 aliphatic carbocycles. The third-order valence-electron chi connectivity index (χ3n) is 1.14. The van der Waals surface area contributed by atoms with Gasteiger partial charge in [0.1, 0.15) is 0 Å². The van der Waals surface area contributed by atoms with Gasteiger partial charge in [-0.1, -0.05) is 19.2 Å². The zero-order valence-corrected chi connectivity index (χ0v) is 11.2. The third-order valence-corrected chi connectivity index (χ3v) is 1.14. The lowest BCUT2D eigenvalue weighted by atomic mass is 10.4. The van der Waals surface area contributed by atoms with E-state index in [0.717, 1.165) is 6.08 Å². The number of carboxylic acids is 2. The number of esters is 1. The van der Waals surface area contributed by atoms with Crippen molar-refractivity contribution in [3.63, 3.8) is 0 Å².